The van der Waals surface area contributed by atoms with E-state index in [1.54, 1.807) is 66.7 Å². The lowest BCUT2D eigenvalue weighted by Gasteiger charge is -2.23. The molecule has 208 valence electrons. The summed E-state index contributed by atoms with van der Waals surface area (Å²) in [5, 5.41) is 21.5. The minimum atomic E-state index is -0.991. The van der Waals surface area contributed by atoms with Gasteiger partial charge in [-0.1, -0.05) is 88.8 Å². The Kier molecular flexibility index (Phi) is 9.01. The monoisotopic (exact) mass is 643 g/mol. The van der Waals surface area contributed by atoms with Crippen LogP contribution in [0, 0.1) is 0 Å². The van der Waals surface area contributed by atoms with Gasteiger partial charge in [-0.3, -0.25) is 14.5 Å². The van der Waals surface area contributed by atoms with Gasteiger partial charge in [-0.15, -0.1) is 10.2 Å². The quantitative estimate of drug-likeness (QED) is 0.0493. The molecule has 12 heteroatoms. The largest absolute Gasteiger partial charge is 0.507 e. The van der Waals surface area contributed by atoms with Crippen LogP contribution in [0.5, 0.6) is 5.75 Å². The van der Waals surface area contributed by atoms with Crippen molar-refractivity contribution in [2.45, 2.75) is 16.1 Å². The Morgan fingerprint density at radius 3 is 2.54 bits per heavy atom. The molecule has 5 rings (SSSR count). The van der Waals surface area contributed by atoms with Crippen LogP contribution in [0.15, 0.2) is 89.3 Å². The molecule has 0 radical (unpaired) electrons. The molecule has 1 aromatic heterocycles. The summed E-state index contributed by atoms with van der Waals surface area (Å²) in [6.07, 6.45) is 1.61. The predicted molar refractivity (Wildman–Crippen MR) is 164 cm³/mol. The van der Waals surface area contributed by atoms with E-state index in [0.717, 1.165) is 16.9 Å². The highest BCUT2D eigenvalue weighted by Gasteiger charge is 2.48. The molecule has 4 aromatic rings. The van der Waals surface area contributed by atoms with Crippen molar-refractivity contribution in [1.29, 1.82) is 0 Å². The number of halogens is 3. The van der Waals surface area contributed by atoms with Gasteiger partial charge in [-0.05, 0) is 59.7 Å². The number of hydrogen-bond donors (Lipinski definition) is 1. The maximum Gasteiger partial charge on any atom is 0.301 e. The third-order valence-corrected chi connectivity index (χ3v) is 9.02. The zero-order chi connectivity index (χ0) is 29.1. The van der Waals surface area contributed by atoms with Gasteiger partial charge < -0.3 is 9.84 Å². The molecule has 0 bridgehead atoms. The summed E-state index contributed by atoms with van der Waals surface area (Å²) in [4.78, 5) is 28.2. The molecule has 1 fully saturated rings. The van der Waals surface area contributed by atoms with Crippen molar-refractivity contribution in [3.8, 4) is 5.75 Å². The number of aliphatic hydroxyl groups excluding tert-OH is 1. The number of aromatic nitrogens is 2. The van der Waals surface area contributed by atoms with Crippen LogP contribution in [-0.4, -0.2) is 33.6 Å². The Hall–Kier alpha value is -3.34. The van der Waals surface area contributed by atoms with Crippen molar-refractivity contribution in [3.63, 3.8) is 0 Å². The molecule has 0 aliphatic carbocycles. The molecule has 7 nitrogen and oxygen atoms in total. The van der Waals surface area contributed by atoms with E-state index in [9.17, 15) is 14.7 Å². The first-order valence-electron chi connectivity index (χ1n) is 12.1. The lowest BCUT2D eigenvalue weighted by Crippen LogP contribution is -2.29. The number of nitrogens with zero attached hydrogens (tertiary/aromatic N) is 3. The molecule has 1 atom stereocenters. The Bertz CT molecular complexity index is 1670. The van der Waals surface area contributed by atoms with E-state index in [2.05, 4.69) is 16.8 Å². The number of amides is 1. The molecular formula is C29H20Cl3N3O4S2. The van der Waals surface area contributed by atoms with Crippen LogP contribution in [0.3, 0.4) is 0 Å². The number of aliphatic hydroxyl groups is 1. The summed E-state index contributed by atoms with van der Waals surface area (Å²) in [5.41, 5.74) is 1.65. The van der Waals surface area contributed by atoms with Crippen molar-refractivity contribution in [2.75, 3.05) is 11.5 Å². The molecule has 1 N–H and O–H groups in total. The number of ether oxygens (including phenoxy) is 1. The second kappa shape index (κ2) is 12.7. The molecule has 1 unspecified atom stereocenters. The van der Waals surface area contributed by atoms with E-state index >= 15 is 0 Å². The normalized spacial score (nSPS) is 16.3. The highest BCUT2D eigenvalue weighted by atomic mass is 35.5. The number of thioether (sulfide) groups is 1. The first-order valence-corrected chi connectivity index (χ1v) is 15.0. The van der Waals surface area contributed by atoms with Crippen LogP contribution in [0.1, 0.15) is 22.7 Å². The van der Waals surface area contributed by atoms with Gasteiger partial charge in [-0.2, -0.15) is 0 Å². The Labute approximate surface area is 259 Å². The molecule has 1 aliphatic rings. The number of benzene rings is 3. The molecule has 0 spiro atoms. The van der Waals surface area contributed by atoms with Gasteiger partial charge in [0.25, 0.3) is 5.78 Å². The van der Waals surface area contributed by atoms with E-state index in [-0.39, 0.29) is 23.1 Å². The van der Waals surface area contributed by atoms with E-state index in [4.69, 9.17) is 39.5 Å². The van der Waals surface area contributed by atoms with Crippen molar-refractivity contribution in [2.24, 2.45) is 0 Å². The van der Waals surface area contributed by atoms with Crippen LogP contribution in [0.2, 0.25) is 15.1 Å². The van der Waals surface area contributed by atoms with Gasteiger partial charge in [0, 0.05) is 26.4 Å². The molecular weight excluding hydrogens is 625 g/mol. The highest BCUT2D eigenvalue weighted by molar-refractivity contribution is 8.00. The molecule has 41 heavy (non-hydrogen) atoms. The first kappa shape index (κ1) is 29.2. The van der Waals surface area contributed by atoms with Crippen LogP contribution in [-0.2, 0) is 15.3 Å². The number of hydrogen-bond acceptors (Lipinski definition) is 8. The van der Waals surface area contributed by atoms with E-state index < -0.39 is 17.7 Å². The maximum absolute atomic E-state index is 13.5. The SMILES string of the molecule is C=CCOc1cccc(C2/C(=C(\O)c3ccc(Cl)cc3)C(=O)C(=O)N2c2nnc(SCc3ccc(Cl)cc3Cl)s2)c1. The zero-order valence-corrected chi connectivity index (χ0v) is 25.0. The highest BCUT2D eigenvalue weighted by Crippen LogP contribution is 2.44. The van der Waals surface area contributed by atoms with Gasteiger partial charge in [0.05, 0.1) is 11.6 Å². The topological polar surface area (TPSA) is 92.6 Å². The average Bonchev–Trinajstić information content (AvgIpc) is 3.53. The van der Waals surface area contributed by atoms with Crippen LogP contribution >= 0.6 is 57.9 Å². The molecule has 1 saturated heterocycles. The third-order valence-electron chi connectivity index (χ3n) is 6.07. The summed E-state index contributed by atoms with van der Waals surface area (Å²) in [6, 6.07) is 17.5. The second-order valence-electron chi connectivity index (χ2n) is 8.72. The summed E-state index contributed by atoms with van der Waals surface area (Å²) in [7, 11) is 0. The molecule has 3 aromatic carbocycles. The Balaban J connectivity index is 1.54. The van der Waals surface area contributed by atoms with Crippen molar-refractivity contribution in [1.82, 2.24) is 10.2 Å². The molecule has 1 amide bonds. The van der Waals surface area contributed by atoms with Gasteiger partial charge in [0.15, 0.2) is 4.34 Å². The number of rotatable bonds is 9. The maximum atomic E-state index is 13.5. The fraction of sp³-hybridized carbons (Fsp3) is 0.103. The van der Waals surface area contributed by atoms with Gasteiger partial charge in [0.1, 0.15) is 18.1 Å². The Morgan fingerprint density at radius 1 is 1.05 bits per heavy atom. The van der Waals surface area contributed by atoms with Gasteiger partial charge in [-0.25, -0.2) is 0 Å². The molecule has 0 saturated carbocycles. The van der Waals surface area contributed by atoms with Gasteiger partial charge in [0.2, 0.25) is 5.13 Å². The fourth-order valence-electron chi connectivity index (χ4n) is 4.17. The summed E-state index contributed by atoms with van der Waals surface area (Å²) < 4.78 is 6.25. The first-order chi connectivity index (χ1) is 19.8. The molecule has 2 heterocycles. The standard InChI is InChI=1S/C29H20Cl3N3O4S2/c1-2-12-39-21-5-3-4-17(13-21)24-23(25(36)16-6-9-19(30)10-7-16)26(37)27(38)35(24)28-33-34-29(41-28)40-15-18-8-11-20(31)14-22(18)32/h2-11,13-14,24,36H,1,12,15H2/b25-23+. The third kappa shape index (κ3) is 6.29. The van der Waals surface area contributed by atoms with E-state index in [0.29, 0.717) is 42.0 Å². The van der Waals surface area contributed by atoms with Crippen LogP contribution < -0.4 is 9.64 Å². The predicted octanol–water partition coefficient (Wildman–Crippen LogP) is 7.98. The van der Waals surface area contributed by atoms with E-state index in [1.165, 1.54) is 16.7 Å². The number of ketones is 1. The van der Waals surface area contributed by atoms with Crippen LogP contribution in [0.25, 0.3) is 5.76 Å². The molecule has 1 aliphatic heterocycles. The number of carbonyl (C=O) groups excluding carboxylic acids is 2. The number of anilines is 1. The minimum Gasteiger partial charge on any atom is -0.507 e. The lowest BCUT2D eigenvalue weighted by molar-refractivity contribution is -0.132. The zero-order valence-electron chi connectivity index (χ0n) is 21.1. The Morgan fingerprint density at radius 2 is 1.80 bits per heavy atom. The van der Waals surface area contributed by atoms with Gasteiger partial charge >= 0.3 is 5.91 Å². The minimum absolute atomic E-state index is 0.0875. The number of carbonyl (C=O) groups is 2. The van der Waals surface area contributed by atoms with E-state index in [1.807, 2.05) is 6.07 Å². The van der Waals surface area contributed by atoms with Crippen molar-refractivity contribution in [3.05, 3.63) is 117 Å². The van der Waals surface area contributed by atoms with Crippen molar-refractivity contribution >= 4 is 80.5 Å². The fourth-order valence-corrected chi connectivity index (χ4v) is 6.73. The summed E-state index contributed by atoms with van der Waals surface area (Å²) in [5.74, 6) is -1.02. The van der Waals surface area contributed by atoms with Crippen molar-refractivity contribution < 1.29 is 19.4 Å². The number of Topliss-reactive ketones (excluding diaryl/α,β-unsaturated/α-hetero) is 1. The van der Waals surface area contributed by atoms with Crippen LogP contribution in [0.4, 0.5) is 5.13 Å². The summed E-state index contributed by atoms with van der Waals surface area (Å²) in [6.45, 7) is 3.93. The average molecular weight is 645 g/mol. The lowest BCUT2D eigenvalue weighted by atomic mass is 9.95. The summed E-state index contributed by atoms with van der Waals surface area (Å²) >= 11 is 20.9. The smallest absolute Gasteiger partial charge is 0.301 e. The second-order valence-corrected chi connectivity index (χ2v) is 12.2.